The molecule has 1 atom stereocenters. The van der Waals surface area contributed by atoms with Crippen LogP contribution in [-0.4, -0.2) is 0 Å². The third-order valence-corrected chi connectivity index (χ3v) is 10.0. The predicted molar refractivity (Wildman–Crippen MR) is 202 cm³/mol. The van der Waals surface area contributed by atoms with Gasteiger partial charge in [0, 0.05) is 11.1 Å². The van der Waals surface area contributed by atoms with E-state index in [1.165, 1.54) is 0 Å². The second kappa shape index (κ2) is 16.3. The van der Waals surface area contributed by atoms with E-state index >= 15 is 0 Å². The standard InChI is InChI=1S/C41H44O6P2/c1-10-34(9)42-48(43-37-20-14-11-17-29(37)4)46-40-32(7)23-27(2)25-35(40)36-26-28(3)24-33(8)41(36)47-49(44-38-21-15-12-18-30(38)5)45-39-22-16-13-19-31(39)6/h10-26H,1-9H3/b34-10-. The number of allylic oxidation sites excluding steroid dienone is 2. The van der Waals surface area contributed by atoms with Crippen molar-refractivity contribution in [1.82, 2.24) is 0 Å². The molecule has 0 fully saturated rings. The lowest BCUT2D eigenvalue weighted by atomic mass is 9.95. The van der Waals surface area contributed by atoms with E-state index in [0.717, 1.165) is 50.1 Å². The molecule has 0 N–H and O–H groups in total. The largest absolute Gasteiger partial charge is 0.530 e. The van der Waals surface area contributed by atoms with Crippen LogP contribution in [0.15, 0.2) is 109 Å². The Labute approximate surface area is 293 Å². The van der Waals surface area contributed by atoms with Crippen molar-refractivity contribution in [3.05, 3.63) is 148 Å². The maximum atomic E-state index is 6.84. The summed E-state index contributed by atoms with van der Waals surface area (Å²) >= 11 is 0. The zero-order chi connectivity index (χ0) is 35.1. The number of para-hydroxylation sites is 3. The van der Waals surface area contributed by atoms with Gasteiger partial charge in [-0.1, -0.05) is 66.7 Å². The first-order valence-corrected chi connectivity index (χ1v) is 18.4. The molecule has 0 aliphatic heterocycles. The summed E-state index contributed by atoms with van der Waals surface area (Å²) in [6.45, 7) is 18.1. The molecule has 0 saturated carbocycles. The Morgan fingerprint density at radius 1 is 0.469 bits per heavy atom. The van der Waals surface area contributed by atoms with E-state index < -0.39 is 17.2 Å². The predicted octanol–water partition coefficient (Wildman–Crippen LogP) is 12.9. The fraction of sp³-hybridized carbons (Fsp3) is 0.220. The van der Waals surface area contributed by atoms with Crippen molar-refractivity contribution >= 4 is 17.2 Å². The smallest absolute Gasteiger partial charge is 0.414 e. The maximum Gasteiger partial charge on any atom is 0.530 e. The van der Waals surface area contributed by atoms with Gasteiger partial charge in [-0.2, -0.15) is 0 Å². The van der Waals surface area contributed by atoms with Crippen molar-refractivity contribution in [3.63, 3.8) is 0 Å². The summed E-state index contributed by atoms with van der Waals surface area (Å²) in [6, 6.07) is 32.0. The molecule has 0 spiro atoms. The zero-order valence-corrected chi connectivity index (χ0v) is 31.4. The average molecular weight is 695 g/mol. The highest BCUT2D eigenvalue weighted by Gasteiger charge is 2.28. The second-order valence-corrected chi connectivity index (χ2v) is 14.1. The summed E-state index contributed by atoms with van der Waals surface area (Å²) in [4.78, 5) is 0. The minimum atomic E-state index is -1.94. The highest BCUT2D eigenvalue weighted by Crippen LogP contribution is 2.52. The van der Waals surface area contributed by atoms with Crippen molar-refractivity contribution in [2.45, 2.75) is 62.3 Å². The van der Waals surface area contributed by atoms with Crippen LogP contribution >= 0.6 is 17.2 Å². The molecule has 49 heavy (non-hydrogen) atoms. The van der Waals surface area contributed by atoms with Crippen LogP contribution in [0.2, 0.25) is 0 Å². The van der Waals surface area contributed by atoms with Crippen LogP contribution in [0.5, 0.6) is 28.7 Å². The normalized spacial score (nSPS) is 12.0. The van der Waals surface area contributed by atoms with Crippen molar-refractivity contribution < 1.29 is 27.1 Å². The molecule has 0 radical (unpaired) electrons. The van der Waals surface area contributed by atoms with Crippen molar-refractivity contribution in [2.24, 2.45) is 0 Å². The Bertz CT molecular complexity index is 1910. The van der Waals surface area contributed by atoms with Crippen LogP contribution in [-0.2, 0) is 4.52 Å². The highest BCUT2D eigenvalue weighted by atomic mass is 31.2. The van der Waals surface area contributed by atoms with Gasteiger partial charge in [0.2, 0.25) is 0 Å². The minimum absolute atomic E-state index is 0.642. The summed E-state index contributed by atoms with van der Waals surface area (Å²) in [5, 5.41) is 0. The van der Waals surface area contributed by atoms with Gasteiger partial charge in [-0.3, -0.25) is 0 Å². The number of benzene rings is 5. The lowest BCUT2D eigenvalue weighted by Gasteiger charge is -2.25. The van der Waals surface area contributed by atoms with Crippen LogP contribution in [0.3, 0.4) is 0 Å². The first kappa shape index (κ1) is 35.8. The molecule has 8 heteroatoms. The molecule has 6 nitrogen and oxygen atoms in total. The van der Waals surface area contributed by atoms with E-state index in [4.69, 9.17) is 27.1 Å². The lowest BCUT2D eigenvalue weighted by molar-refractivity contribution is 0.330. The highest BCUT2D eigenvalue weighted by molar-refractivity contribution is 7.43. The minimum Gasteiger partial charge on any atom is -0.414 e. The number of hydrogen-bond acceptors (Lipinski definition) is 6. The molecule has 5 aromatic rings. The van der Waals surface area contributed by atoms with E-state index in [-0.39, 0.29) is 0 Å². The van der Waals surface area contributed by atoms with E-state index in [1.54, 1.807) is 0 Å². The summed E-state index contributed by atoms with van der Waals surface area (Å²) in [5.74, 6) is 4.08. The topological polar surface area (TPSA) is 55.4 Å². The first-order valence-electron chi connectivity index (χ1n) is 16.2. The summed E-state index contributed by atoms with van der Waals surface area (Å²) in [5.41, 5.74) is 8.69. The maximum absolute atomic E-state index is 6.84. The van der Waals surface area contributed by atoms with Gasteiger partial charge in [0.25, 0.3) is 0 Å². The van der Waals surface area contributed by atoms with E-state index in [9.17, 15) is 0 Å². The van der Waals surface area contributed by atoms with Gasteiger partial charge in [-0.15, -0.1) is 0 Å². The van der Waals surface area contributed by atoms with Gasteiger partial charge >= 0.3 is 17.2 Å². The Hall–Kier alpha value is -4.50. The molecule has 0 bridgehead atoms. The van der Waals surface area contributed by atoms with Crippen LogP contribution < -0.4 is 22.6 Å². The monoisotopic (exact) mass is 694 g/mol. The number of aryl methyl sites for hydroxylation is 7. The fourth-order valence-corrected chi connectivity index (χ4v) is 7.64. The molecule has 0 aliphatic carbocycles. The lowest BCUT2D eigenvalue weighted by Crippen LogP contribution is -2.06. The molecule has 254 valence electrons. The average Bonchev–Trinajstić information content (AvgIpc) is 3.06. The van der Waals surface area contributed by atoms with Gasteiger partial charge in [-0.05, 0) is 138 Å². The van der Waals surface area contributed by atoms with Crippen LogP contribution in [0.25, 0.3) is 11.1 Å². The molecule has 1 unspecified atom stereocenters. The van der Waals surface area contributed by atoms with Crippen molar-refractivity contribution in [1.29, 1.82) is 0 Å². The Morgan fingerprint density at radius 3 is 1.22 bits per heavy atom. The van der Waals surface area contributed by atoms with Gasteiger partial charge in [0.1, 0.15) is 34.5 Å². The van der Waals surface area contributed by atoms with Gasteiger partial charge < -0.3 is 27.1 Å². The Balaban J connectivity index is 1.60. The Morgan fingerprint density at radius 2 is 0.837 bits per heavy atom. The Kier molecular flexibility index (Phi) is 11.9. The molecule has 0 aromatic heterocycles. The van der Waals surface area contributed by atoms with Crippen LogP contribution in [0.1, 0.15) is 52.8 Å². The molecule has 0 heterocycles. The SMILES string of the molecule is C/C=C(/C)OP(Oc1ccccc1C)Oc1c(C)cc(C)cc1-c1cc(C)cc(C)c1OP(Oc1ccccc1C)Oc1ccccc1C. The van der Waals surface area contributed by atoms with Crippen LogP contribution in [0.4, 0.5) is 0 Å². The zero-order valence-electron chi connectivity index (χ0n) is 29.7. The summed E-state index contributed by atoms with van der Waals surface area (Å²) in [6.07, 6.45) is 1.89. The molecule has 0 amide bonds. The van der Waals surface area contributed by atoms with Crippen molar-refractivity contribution in [3.8, 4) is 39.9 Å². The molecular formula is C41H44O6P2. The number of hydrogen-bond donors (Lipinski definition) is 0. The quantitative estimate of drug-likeness (QED) is 0.0903. The second-order valence-electron chi connectivity index (χ2n) is 12.1. The number of rotatable bonds is 13. The molecular weight excluding hydrogens is 650 g/mol. The summed E-state index contributed by atoms with van der Waals surface area (Å²) in [7, 11) is -3.82. The molecule has 0 saturated heterocycles. The van der Waals surface area contributed by atoms with Gasteiger partial charge in [-0.25, -0.2) is 0 Å². The third-order valence-electron chi connectivity index (χ3n) is 7.88. The van der Waals surface area contributed by atoms with E-state index in [0.29, 0.717) is 34.5 Å². The molecule has 5 rings (SSSR count). The van der Waals surface area contributed by atoms with E-state index in [1.807, 2.05) is 127 Å². The van der Waals surface area contributed by atoms with E-state index in [2.05, 4.69) is 38.1 Å². The molecule has 5 aromatic carbocycles. The molecule has 0 aliphatic rings. The summed E-state index contributed by atoms with van der Waals surface area (Å²) < 4.78 is 39.3. The van der Waals surface area contributed by atoms with Gasteiger partial charge in [0.15, 0.2) is 0 Å². The third kappa shape index (κ3) is 9.15. The fourth-order valence-electron chi connectivity index (χ4n) is 5.20. The van der Waals surface area contributed by atoms with Gasteiger partial charge in [0.05, 0.1) is 0 Å². The van der Waals surface area contributed by atoms with Crippen LogP contribution in [0, 0.1) is 48.5 Å². The first-order chi connectivity index (χ1) is 23.5. The van der Waals surface area contributed by atoms with Crippen molar-refractivity contribution in [2.75, 3.05) is 0 Å².